The summed E-state index contributed by atoms with van der Waals surface area (Å²) in [4.78, 5) is 12.1. The molecule has 0 aliphatic heterocycles. The minimum Gasteiger partial charge on any atom is -0.496 e. The van der Waals surface area contributed by atoms with Gasteiger partial charge in [0.05, 0.1) is 7.11 Å². The molecule has 0 spiro atoms. The van der Waals surface area contributed by atoms with Crippen LogP contribution in [-0.4, -0.2) is 12.9 Å². The lowest BCUT2D eigenvalue weighted by Gasteiger charge is -2.12. The standard InChI is InChI=1S/C17H17FO2/c1-11(2)17(19)12-8-9-16(20-3)14(10-12)13-6-4-5-7-15(13)18/h4-11H,1-3H3. The van der Waals surface area contributed by atoms with Gasteiger partial charge < -0.3 is 4.74 Å². The van der Waals surface area contributed by atoms with Crippen LogP contribution in [0.1, 0.15) is 24.2 Å². The molecule has 2 nitrogen and oxygen atoms in total. The van der Waals surface area contributed by atoms with Crippen LogP contribution >= 0.6 is 0 Å². The first-order valence-corrected chi connectivity index (χ1v) is 6.51. The second-order valence-electron chi connectivity index (χ2n) is 4.91. The highest BCUT2D eigenvalue weighted by Gasteiger charge is 2.15. The Bertz CT molecular complexity index is 633. The lowest BCUT2D eigenvalue weighted by atomic mass is 9.96. The Morgan fingerprint density at radius 1 is 1.10 bits per heavy atom. The molecule has 0 amide bonds. The van der Waals surface area contributed by atoms with Crippen LogP contribution in [0.25, 0.3) is 11.1 Å². The zero-order chi connectivity index (χ0) is 14.7. The van der Waals surface area contributed by atoms with Crippen molar-refractivity contribution in [3.63, 3.8) is 0 Å². The van der Waals surface area contributed by atoms with Gasteiger partial charge in [-0.1, -0.05) is 32.0 Å². The molecule has 2 rings (SSSR count). The minimum absolute atomic E-state index is 0.0326. The van der Waals surface area contributed by atoms with Gasteiger partial charge >= 0.3 is 0 Å². The van der Waals surface area contributed by atoms with E-state index in [0.717, 1.165) is 0 Å². The van der Waals surface area contributed by atoms with Crippen LogP contribution in [0.3, 0.4) is 0 Å². The molecule has 0 aromatic heterocycles. The van der Waals surface area contributed by atoms with Gasteiger partial charge in [0, 0.05) is 22.6 Å². The number of ether oxygens (including phenoxy) is 1. The van der Waals surface area contributed by atoms with E-state index >= 15 is 0 Å². The predicted molar refractivity (Wildman–Crippen MR) is 77.6 cm³/mol. The summed E-state index contributed by atoms with van der Waals surface area (Å²) in [7, 11) is 1.53. The second kappa shape index (κ2) is 5.87. The largest absolute Gasteiger partial charge is 0.496 e. The Labute approximate surface area is 118 Å². The summed E-state index contributed by atoms with van der Waals surface area (Å²) in [5.41, 5.74) is 1.60. The van der Waals surface area contributed by atoms with E-state index in [-0.39, 0.29) is 17.5 Å². The van der Waals surface area contributed by atoms with Crippen molar-refractivity contribution in [3.8, 4) is 16.9 Å². The predicted octanol–water partition coefficient (Wildman–Crippen LogP) is 4.34. The highest BCUT2D eigenvalue weighted by Crippen LogP contribution is 2.33. The fourth-order valence-electron chi connectivity index (χ4n) is 2.08. The van der Waals surface area contributed by atoms with Gasteiger partial charge in [0.1, 0.15) is 11.6 Å². The van der Waals surface area contributed by atoms with Gasteiger partial charge in [-0.25, -0.2) is 4.39 Å². The molecule has 0 heterocycles. The molecule has 0 aliphatic rings. The zero-order valence-corrected chi connectivity index (χ0v) is 11.8. The number of carbonyl (C=O) groups is 1. The molecule has 0 radical (unpaired) electrons. The summed E-state index contributed by atoms with van der Waals surface area (Å²) in [6.07, 6.45) is 0. The maximum absolute atomic E-state index is 13.9. The Morgan fingerprint density at radius 2 is 1.80 bits per heavy atom. The van der Waals surface area contributed by atoms with Crippen LogP contribution in [0.2, 0.25) is 0 Å². The number of methoxy groups -OCH3 is 1. The smallest absolute Gasteiger partial charge is 0.165 e. The first-order valence-electron chi connectivity index (χ1n) is 6.51. The lowest BCUT2D eigenvalue weighted by Crippen LogP contribution is -2.07. The minimum atomic E-state index is -0.333. The average Bonchev–Trinajstić information content (AvgIpc) is 2.46. The van der Waals surface area contributed by atoms with Crippen molar-refractivity contribution in [1.29, 1.82) is 0 Å². The lowest BCUT2D eigenvalue weighted by molar-refractivity contribution is 0.0939. The van der Waals surface area contributed by atoms with Crippen LogP contribution in [0.5, 0.6) is 5.75 Å². The highest BCUT2D eigenvalue weighted by molar-refractivity contribution is 5.99. The summed E-state index contributed by atoms with van der Waals surface area (Å²) >= 11 is 0. The first-order chi connectivity index (χ1) is 9.54. The number of hydrogen-bond donors (Lipinski definition) is 0. The average molecular weight is 272 g/mol. The van der Waals surface area contributed by atoms with Crippen molar-refractivity contribution < 1.29 is 13.9 Å². The number of halogens is 1. The van der Waals surface area contributed by atoms with E-state index in [1.807, 2.05) is 13.8 Å². The first kappa shape index (κ1) is 14.3. The molecule has 0 saturated heterocycles. The normalized spacial score (nSPS) is 10.7. The Hall–Kier alpha value is -2.16. The monoisotopic (exact) mass is 272 g/mol. The fourth-order valence-corrected chi connectivity index (χ4v) is 2.08. The summed E-state index contributed by atoms with van der Waals surface area (Å²) < 4.78 is 19.2. The third-order valence-electron chi connectivity index (χ3n) is 3.17. The van der Waals surface area contributed by atoms with E-state index < -0.39 is 0 Å². The third kappa shape index (κ3) is 2.72. The molecule has 0 aliphatic carbocycles. The summed E-state index contributed by atoms with van der Waals surface area (Å²) in [6, 6.07) is 11.6. The third-order valence-corrected chi connectivity index (χ3v) is 3.17. The topological polar surface area (TPSA) is 26.3 Å². The molecular formula is C17H17FO2. The van der Waals surface area contributed by atoms with E-state index in [2.05, 4.69) is 0 Å². The maximum Gasteiger partial charge on any atom is 0.165 e. The van der Waals surface area contributed by atoms with Crippen molar-refractivity contribution in [1.82, 2.24) is 0 Å². The van der Waals surface area contributed by atoms with Gasteiger partial charge in [0.15, 0.2) is 5.78 Å². The quantitative estimate of drug-likeness (QED) is 0.774. The number of ketones is 1. The molecule has 104 valence electrons. The van der Waals surface area contributed by atoms with E-state index in [1.54, 1.807) is 36.4 Å². The van der Waals surface area contributed by atoms with Gasteiger partial charge in [0.25, 0.3) is 0 Å². The van der Waals surface area contributed by atoms with Gasteiger partial charge in [-0.05, 0) is 24.3 Å². The van der Waals surface area contributed by atoms with Crippen LogP contribution in [0, 0.1) is 11.7 Å². The molecule has 0 unspecified atom stereocenters. The number of benzene rings is 2. The molecule has 0 atom stereocenters. The molecule has 3 heteroatoms. The van der Waals surface area contributed by atoms with E-state index in [4.69, 9.17) is 4.74 Å². The second-order valence-corrected chi connectivity index (χ2v) is 4.91. The zero-order valence-electron chi connectivity index (χ0n) is 11.8. The van der Waals surface area contributed by atoms with Crippen molar-refractivity contribution in [2.24, 2.45) is 5.92 Å². The van der Waals surface area contributed by atoms with Crippen molar-refractivity contribution in [3.05, 3.63) is 53.8 Å². The molecule has 2 aromatic rings. The molecule has 20 heavy (non-hydrogen) atoms. The summed E-state index contributed by atoms with van der Waals surface area (Å²) in [5, 5.41) is 0. The maximum atomic E-state index is 13.9. The van der Waals surface area contributed by atoms with Gasteiger partial charge in [-0.15, -0.1) is 0 Å². The van der Waals surface area contributed by atoms with Gasteiger partial charge in [-0.3, -0.25) is 4.79 Å². The van der Waals surface area contributed by atoms with Crippen LogP contribution in [-0.2, 0) is 0 Å². The number of carbonyl (C=O) groups excluding carboxylic acids is 1. The van der Waals surface area contributed by atoms with Crippen LogP contribution < -0.4 is 4.74 Å². The molecule has 2 aromatic carbocycles. The summed E-state index contributed by atoms with van der Waals surface area (Å²) in [5.74, 6) is 0.150. The van der Waals surface area contributed by atoms with Gasteiger partial charge in [0.2, 0.25) is 0 Å². The van der Waals surface area contributed by atoms with E-state index in [9.17, 15) is 9.18 Å². The molecule has 0 N–H and O–H groups in total. The van der Waals surface area contributed by atoms with Crippen molar-refractivity contribution >= 4 is 5.78 Å². The number of hydrogen-bond acceptors (Lipinski definition) is 2. The van der Waals surface area contributed by atoms with E-state index in [0.29, 0.717) is 22.4 Å². The Kier molecular flexibility index (Phi) is 4.18. The van der Waals surface area contributed by atoms with Crippen LogP contribution in [0.4, 0.5) is 4.39 Å². The molecule has 0 fully saturated rings. The van der Waals surface area contributed by atoms with Crippen molar-refractivity contribution in [2.75, 3.05) is 7.11 Å². The highest BCUT2D eigenvalue weighted by atomic mass is 19.1. The summed E-state index contributed by atoms with van der Waals surface area (Å²) in [6.45, 7) is 3.69. The number of rotatable bonds is 4. The SMILES string of the molecule is COc1ccc(C(=O)C(C)C)cc1-c1ccccc1F. The molecular weight excluding hydrogens is 255 g/mol. The number of Topliss-reactive ketones (excluding diaryl/α,β-unsaturated/α-hetero) is 1. The Balaban J connectivity index is 2.59. The Morgan fingerprint density at radius 3 is 2.40 bits per heavy atom. The van der Waals surface area contributed by atoms with Crippen LogP contribution in [0.15, 0.2) is 42.5 Å². The van der Waals surface area contributed by atoms with E-state index in [1.165, 1.54) is 13.2 Å². The molecule has 0 saturated carbocycles. The van der Waals surface area contributed by atoms with Gasteiger partial charge in [-0.2, -0.15) is 0 Å². The fraction of sp³-hybridized carbons (Fsp3) is 0.235. The molecule has 0 bridgehead atoms. The van der Waals surface area contributed by atoms with Crippen molar-refractivity contribution in [2.45, 2.75) is 13.8 Å².